The molecule has 1 fully saturated rings. The molecular formula is C19H30N4. The molecule has 1 aromatic rings. The summed E-state index contributed by atoms with van der Waals surface area (Å²) < 4.78 is 0. The van der Waals surface area contributed by atoms with Crippen LogP contribution in [0, 0.1) is 0 Å². The van der Waals surface area contributed by atoms with Crippen LogP contribution in [0.4, 0.5) is 0 Å². The summed E-state index contributed by atoms with van der Waals surface area (Å²) in [5.74, 6) is 0.508. The molecule has 4 N–H and O–H groups in total. The maximum Gasteiger partial charge on any atom is 0.188 e. The highest BCUT2D eigenvalue weighted by molar-refractivity contribution is 5.78. The van der Waals surface area contributed by atoms with Gasteiger partial charge < -0.3 is 16.4 Å². The number of aliphatic imine (C=N–C) groups is 1. The van der Waals surface area contributed by atoms with E-state index in [9.17, 15) is 0 Å². The lowest BCUT2D eigenvalue weighted by Gasteiger charge is -2.33. The van der Waals surface area contributed by atoms with Gasteiger partial charge in [0, 0.05) is 18.1 Å². The van der Waals surface area contributed by atoms with Crippen molar-refractivity contribution in [2.45, 2.75) is 51.1 Å². The summed E-state index contributed by atoms with van der Waals surface area (Å²) in [6.07, 6.45) is 4.81. The summed E-state index contributed by atoms with van der Waals surface area (Å²) in [6.45, 7) is 9.46. The molecule has 4 nitrogen and oxygen atoms in total. The van der Waals surface area contributed by atoms with Crippen molar-refractivity contribution in [2.24, 2.45) is 10.7 Å². The minimum absolute atomic E-state index is 0.0603. The lowest BCUT2D eigenvalue weighted by molar-refractivity contribution is 0.307. The number of hydrogen-bond donors (Lipinski definition) is 3. The summed E-state index contributed by atoms with van der Waals surface area (Å²) >= 11 is 0. The van der Waals surface area contributed by atoms with E-state index in [-0.39, 0.29) is 5.54 Å². The van der Waals surface area contributed by atoms with Gasteiger partial charge in [0.25, 0.3) is 0 Å². The number of benzene rings is 1. The third-order valence-corrected chi connectivity index (χ3v) is 4.51. The van der Waals surface area contributed by atoms with E-state index >= 15 is 0 Å². The third kappa shape index (κ3) is 5.39. The topological polar surface area (TPSA) is 62.4 Å². The zero-order valence-corrected chi connectivity index (χ0v) is 14.4. The van der Waals surface area contributed by atoms with Gasteiger partial charge in [0.05, 0.1) is 6.54 Å². The van der Waals surface area contributed by atoms with E-state index in [1.54, 1.807) is 0 Å². The Kier molecular flexibility index (Phi) is 6.22. The van der Waals surface area contributed by atoms with Gasteiger partial charge in [0.2, 0.25) is 0 Å². The normalized spacial score (nSPS) is 18.6. The second kappa shape index (κ2) is 8.16. The molecule has 1 atom stereocenters. The van der Waals surface area contributed by atoms with E-state index < -0.39 is 0 Å². The van der Waals surface area contributed by atoms with Crippen LogP contribution in [0.1, 0.15) is 51.1 Å². The molecule has 1 aliphatic carbocycles. The fourth-order valence-electron chi connectivity index (χ4n) is 3.22. The van der Waals surface area contributed by atoms with Crippen LogP contribution in [0.3, 0.4) is 0 Å². The van der Waals surface area contributed by atoms with Crippen molar-refractivity contribution in [3.63, 3.8) is 0 Å². The second-order valence-electron chi connectivity index (χ2n) is 6.78. The minimum Gasteiger partial charge on any atom is -0.370 e. The van der Waals surface area contributed by atoms with Crippen LogP contribution in [-0.2, 0) is 0 Å². The van der Waals surface area contributed by atoms with Crippen LogP contribution in [-0.4, -0.2) is 24.6 Å². The first kappa shape index (κ1) is 17.5. The van der Waals surface area contributed by atoms with E-state index in [0.717, 1.165) is 25.0 Å². The lowest BCUT2D eigenvalue weighted by atomic mass is 9.95. The van der Waals surface area contributed by atoms with Crippen molar-refractivity contribution in [3.05, 3.63) is 48.0 Å². The number of hydrogen-bond acceptors (Lipinski definition) is 2. The summed E-state index contributed by atoms with van der Waals surface area (Å²) in [5, 5.41) is 6.93. The molecule has 0 aliphatic heterocycles. The maximum absolute atomic E-state index is 5.97. The molecule has 126 valence electrons. The Morgan fingerprint density at radius 1 is 1.30 bits per heavy atom. The van der Waals surface area contributed by atoms with Crippen LogP contribution >= 0.6 is 0 Å². The molecule has 1 saturated carbocycles. The fourth-order valence-corrected chi connectivity index (χ4v) is 3.22. The average Bonchev–Trinajstić information content (AvgIpc) is 3.00. The number of nitrogens with zero attached hydrogens (tertiary/aromatic N) is 1. The zero-order valence-electron chi connectivity index (χ0n) is 14.4. The summed E-state index contributed by atoms with van der Waals surface area (Å²) in [7, 11) is 0. The second-order valence-corrected chi connectivity index (χ2v) is 6.78. The van der Waals surface area contributed by atoms with E-state index in [0.29, 0.717) is 18.5 Å². The van der Waals surface area contributed by atoms with Gasteiger partial charge in [-0.2, -0.15) is 0 Å². The van der Waals surface area contributed by atoms with Gasteiger partial charge in [-0.1, -0.05) is 55.3 Å². The molecule has 1 aliphatic rings. The number of guanidine groups is 1. The van der Waals surface area contributed by atoms with Crippen LogP contribution in [0.2, 0.25) is 0 Å². The first-order valence-electron chi connectivity index (χ1n) is 8.52. The molecule has 2 rings (SSSR count). The van der Waals surface area contributed by atoms with E-state index in [1.807, 2.05) is 6.92 Å². The molecule has 0 amide bonds. The largest absolute Gasteiger partial charge is 0.370 e. The van der Waals surface area contributed by atoms with Crippen molar-refractivity contribution >= 4 is 5.96 Å². The molecule has 23 heavy (non-hydrogen) atoms. The van der Waals surface area contributed by atoms with Gasteiger partial charge >= 0.3 is 0 Å². The average molecular weight is 314 g/mol. The Balaban J connectivity index is 1.99. The van der Waals surface area contributed by atoms with Crippen LogP contribution < -0.4 is 16.4 Å². The molecule has 0 radical (unpaired) electrons. The highest BCUT2D eigenvalue weighted by atomic mass is 15.1. The molecule has 0 aromatic heterocycles. The van der Waals surface area contributed by atoms with Crippen molar-refractivity contribution < 1.29 is 0 Å². The molecule has 1 unspecified atom stereocenters. The van der Waals surface area contributed by atoms with Crippen LogP contribution in [0.25, 0.3) is 0 Å². The van der Waals surface area contributed by atoms with Crippen molar-refractivity contribution in [1.82, 2.24) is 10.6 Å². The van der Waals surface area contributed by atoms with Gasteiger partial charge in [-0.3, -0.25) is 4.99 Å². The molecule has 0 saturated heterocycles. The highest BCUT2D eigenvalue weighted by Gasteiger charge is 2.34. The monoisotopic (exact) mass is 314 g/mol. The van der Waals surface area contributed by atoms with Gasteiger partial charge in [-0.05, 0) is 32.3 Å². The van der Waals surface area contributed by atoms with E-state index in [4.69, 9.17) is 5.73 Å². The van der Waals surface area contributed by atoms with Gasteiger partial charge in [-0.15, -0.1) is 0 Å². The maximum atomic E-state index is 5.97. The predicted octanol–water partition coefficient (Wildman–Crippen LogP) is 3.13. The quantitative estimate of drug-likeness (QED) is 0.412. The molecule has 1 aromatic carbocycles. The summed E-state index contributed by atoms with van der Waals surface area (Å²) in [6, 6.07) is 10.9. The van der Waals surface area contributed by atoms with Crippen molar-refractivity contribution in [2.75, 3.05) is 13.1 Å². The Morgan fingerprint density at radius 3 is 2.57 bits per heavy atom. The van der Waals surface area contributed by atoms with Crippen molar-refractivity contribution in [1.29, 1.82) is 0 Å². The van der Waals surface area contributed by atoms with Crippen LogP contribution in [0.15, 0.2) is 47.5 Å². The predicted molar refractivity (Wildman–Crippen MR) is 98.5 cm³/mol. The number of nitrogens with two attached hydrogens (primary N) is 1. The van der Waals surface area contributed by atoms with Crippen molar-refractivity contribution in [3.8, 4) is 0 Å². The summed E-state index contributed by atoms with van der Waals surface area (Å²) in [5.41, 5.74) is 8.40. The molecule has 0 heterocycles. The molecule has 0 bridgehead atoms. The molecule has 4 heteroatoms. The standard InChI is InChI=1S/C19H30N4/c1-15(2)13-21-18(20)22-14-19(11-7-8-12-19)23-16(3)17-9-5-4-6-10-17/h4-6,9-10,16,23H,1,7-8,11-14H2,2-3H3,(H3,20,21,22). The first-order chi connectivity index (χ1) is 11.0. The van der Waals surface area contributed by atoms with E-state index in [1.165, 1.54) is 18.4 Å². The minimum atomic E-state index is 0.0603. The Morgan fingerprint density at radius 2 is 1.96 bits per heavy atom. The lowest BCUT2D eigenvalue weighted by Crippen LogP contribution is -2.47. The molecule has 0 spiro atoms. The van der Waals surface area contributed by atoms with Gasteiger partial charge in [0.15, 0.2) is 5.96 Å². The Hall–Kier alpha value is -1.81. The zero-order chi connectivity index (χ0) is 16.7. The number of rotatable bonds is 7. The van der Waals surface area contributed by atoms with Gasteiger partial charge in [-0.25, -0.2) is 0 Å². The van der Waals surface area contributed by atoms with Gasteiger partial charge in [0.1, 0.15) is 0 Å². The van der Waals surface area contributed by atoms with E-state index in [2.05, 4.69) is 59.5 Å². The highest BCUT2D eigenvalue weighted by Crippen LogP contribution is 2.32. The molecular weight excluding hydrogens is 284 g/mol. The smallest absolute Gasteiger partial charge is 0.188 e. The SMILES string of the molecule is C=C(C)CNC(N)=NCC1(NC(C)c2ccccc2)CCCC1. The summed E-state index contributed by atoms with van der Waals surface area (Å²) in [4.78, 5) is 4.58. The number of nitrogens with one attached hydrogen (secondary N) is 2. The fraction of sp³-hybridized carbons (Fsp3) is 0.526. The first-order valence-corrected chi connectivity index (χ1v) is 8.52. The van der Waals surface area contributed by atoms with Crippen LogP contribution in [0.5, 0.6) is 0 Å². The Labute approximate surface area is 140 Å². The third-order valence-electron chi connectivity index (χ3n) is 4.51. The Bertz CT molecular complexity index is 530.